The fraction of sp³-hybridized carbons (Fsp3) is 0.174. The van der Waals surface area contributed by atoms with Gasteiger partial charge >= 0.3 is 5.97 Å². The number of hydrogen-bond acceptors (Lipinski definition) is 5. The molecule has 0 aliphatic heterocycles. The zero-order valence-electron chi connectivity index (χ0n) is 16.1. The lowest BCUT2D eigenvalue weighted by atomic mass is 10.1. The van der Waals surface area contributed by atoms with Gasteiger partial charge in [0, 0.05) is 24.3 Å². The van der Waals surface area contributed by atoms with Crippen molar-refractivity contribution in [3.63, 3.8) is 0 Å². The van der Waals surface area contributed by atoms with Gasteiger partial charge in [0.05, 0.1) is 12.3 Å². The Labute approximate surface area is 173 Å². The van der Waals surface area contributed by atoms with Crippen LogP contribution in [-0.2, 0) is 21.7 Å². The smallest absolute Gasteiger partial charge is 0.330 e. The summed E-state index contributed by atoms with van der Waals surface area (Å²) < 4.78 is 4.87. The summed E-state index contributed by atoms with van der Waals surface area (Å²) in [6.07, 6.45) is 3.76. The number of H-pyrrole nitrogens is 1. The Morgan fingerprint density at radius 2 is 1.86 bits per heavy atom. The van der Waals surface area contributed by atoms with Crippen LogP contribution in [-0.4, -0.2) is 22.5 Å². The van der Waals surface area contributed by atoms with Crippen LogP contribution in [0.4, 0.5) is 0 Å². The van der Waals surface area contributed by atoms with E-state index in [0.29, 0.717) is 23.9 Å². The van der Waals surface area contributed by atoms with Gasteiger partial charge in [-0.05, 0) is 29.7 Å². The molecule has 0 atom stereocenters. The molecule has 0 bridgehead atoms. The third-order valence-electron chi connectivity index (χ3n) is 4.05. The molecule has 29 heavy (non-hydrogen) atoms. The van der Waals surface area contributed by atoms with Crippen molar-refractivity contribution in [3.05, 3.63) is 99.5 Å². The van der Waals surface area contributed by atoms with Crippen LogP contribution in [0.25, 0.3) is 6.08 Å². The molecule has 0 radical (unpaired) electrons. The number of benzene rings is 2. The number of carbonyl (C=O) groups excluding carboxylic acids is 1. The standard InChI is InChI=1S/C23H22N2O3S/c1-2-28-22(27)13-12-17-8-10-19(11-9-17)16-29-23-24-20(15-21(26)25-23)14-18-6-4-3-5-7-18/h3-13,15H,2,14,16H2,1H3,(H,24,25,26)/b13-12+. The van der Waals surface area contributed by atoms with E-state index < -0.39 is 0 Å². The third-order valence-corrected chi connectivity index (χ3v) is 5.00. The highest BCUT2D eigenvalue weighted by atomic mass is 32.2. The van der Waals surface area contributed by atoms with Gasteiger partial charge in [0.1, 0.15) is 0 Å². The molecule has 0 saturated heterocycles. The van der Waals surface area contributed by atoms with E-state index >= 15 is 0 Å². The molecule has 0 saturated carbocycles. The normalized spacial score (nSPS) is 10.9. The quantitative estimate of drug-likeness (QED) is 0.262. The van der Waals surface area contributed by atoms with Gasteiger partial charge in [0.15, 0.2) is 5.16 Å². The molecular formula is C23H22N2O3S. The zero-order chi connectivity index (χ0) is 20.5. The van der Waals surface area contributed by atoms with Crippen LogP contribution in [0.2, 0.25) is 0 Å². The number of aromatic amines is 1. The molecule has 1 N–H and O–H groups in total. The fourth-order valence-corrected chi connectivity index (χ4v) is 3.53. The molecule has 0 amide bonds. The number of thioether (sulfide) groups is 1. The lowest BCUT2D eigenvalue weighted by Crippen LogP contribution is -2.10. The van der Waals surface area contributed by atoms with E-state index in [9.17, 15) is 9.59 Å². The number of rotatable bonds is 8. The highest BCUT2D eigenvalue weighted by Gasteiger charge is 2.05. The Morgan fingerprint density at radius 3 is 2.59 bits per heavy atom. The second-order valence-corrected chi connectivity index (χ2v) is 7.28. The van der Waals surface area contributed by atoms with Gasteiger partial charge < -0.3 is 9.72 Å². The number of esters is 1. The summed E-state index contributed by atoms with van der Waals surface area (Å²) in [5.74, 6) is 0.331. The molecular weight excluding hydrogens is 384 g/mol. The average Bonchev–Trinajstić information content (AvgIpc) is 2.72. The number of carbonyl (C=O) groups is 1. The number of hydrogen-bond donors (Lipinski definition) is 1. The minimum absolute atomic E-state index is 0.145. The van der Waals surface area contributed by atoms with E-state index in [1.54, 1.807) is 19.1 Å². The fourth-order valence-electron chi connectivity index (χ4n) is 2.68. The Balaban J connectivity index is 1.61. The van der Waals surface area contributed by atoms with Gasteiger partial charge in [-0.2, -0.15) is 0 Å². The summed E-state index contributed by atoms with van der Waals surface area (Å²) in [6.45, 7) is 2.14. The average molecular weight is 407 g/mol. The molecule has 0 spiro atoms. The summed E-state index contributed by atoms with van der Waals surface area (Å²) in [4.78, 5) is 30.7. The van der Waals surface area contributed by atoms with E-state index in [2.05, 4.69) is 9.97 Å². The highest BCUT2D eigenvalue weighted by Crippen LogP contribution is 2.19. The molecule has 3 aromatic rings. The number of nitrogens with zero attached hydrogens (tertiary/aromatic N) is 1. The highest BCUT2D eigenvalue weighted by molar-refractivity contribution is 7.98. The topological polar surface area (TPSA) is 72.0 Å². The molecule has 148 valence electrons. The first-order chi connectivity index (χ1) is 14.1. The molecule has 0 fully saturated rings. The first-order valence-corrected chi connectivity index (χ1v) is 10.3. The minimum Gasteiger partial charge on any atom is -0.463 e. The van der Waals surface area contributed by atoms with Crippen LogP contribution < -0.4 is 5.56 Å². The van der Waals surface area contributed by atoms with Gasteiger partial charge in [-0.25, -0.2) is 9.78 Å². The van der Waals surface area contributed by atoms with Crippen molar-refractivity contribution in [1.82, 2.24) is 9.97 Å². The maximum atomic E-state index is 12.0. The van der Waals surface area contributed by atoms with Crippen LogP contribution in [0.1, 0.15) is 29.3 Å². The molecule has 3 rings (SSSR count). The van der Waals surface area contributed by atoms with Crippen molar-refractivity contribution in [2.24, 2.45) is 0 Å². The SMILES string of the molecule is CCOC(=O)/C=C/c1ccc(CSc2nc(Cc3ccccc3)cc(=O)[nH]2)cc1. The first kappa shape index (κ1) is 20.6. The van der Waals surface area contributed by atoms with E-state index in [1.165, 1.54) is 17.8 Å². The molecule has 6 heteroatoms. The second-order valence-electron chi connectivity index (χ2n) is 6.32. The minimum atomic E-state index is -0.349. The Morgan fingerprint density at radius 1 is 1.10 bits per heavy atom. The Kier molecular flexibility index (Phi) is 7.41. The summed E-state index contributed by atoms with van der Waals surface area (Å²) in [5.41, 5.74) is 3.74. The van der Waals surface area contributed by atoms with Crippen LogP contribution in [0.3, 0.4) is 0 Å². The largest absolute Gasteiger partial charge is 0.463 e. The van der Waals surface area contributed by atoms with Crippen molar-refractivity contribution in [2.75, 3.05) is 6.61 Å². The van der Waals surface area contributed by atoms with Crippen molar-refractivity contribution in [1.29, 1.82) is 0 Å². The number of aromatic nitrogens is 2. The van der Waals surface area contributed by atoms with Crippen molar-refractivity contribution < 1.29 is 9.53 Å². The van der Waals surface area contributed by atoms with Crippen molar-refractivity contribution in [3.8, 4) is 0 Å². The molecule has 0 unspecified atom stereocenters. The van der Waals surface area contributed by atoms with E-state index in [1.807, 2.05) is 54.6 Å². The molecule has 0 aliphatic carbocycles. The summed E-state index contributed by atoms with van der Waals surface area (Å²) in [7, 11) is 0. The molecule has 5 nitrogen and oxygen atoms in total. The Bertz CT molecular complexity index is 1030. The van der Waals surface area contributed by atoms with Gasteiger partial charge in [-0.3, -0.25) is 4.79 Å². The zero-order valence-corrected chi connectivity index (χ0v) is 16.9. The van der Waals surface area contributed by atoms with Gasteiger partial charge in [0.25, 0.3) is 5.56 Å². The predicted molar refractivity (Wildman–Crippen MR) is 116 cm³/mol. The maximum absolute atomic E-state index is 12.0. The van der Waals surface area contributed by atoms with Crippen molar-refractivity contribution in [2.45, 2.75) is 24.3 Å². The monoisotopic (exact) mass is 406 g/mol. The lowest BCUT2D eigenvalue weighted by Gasteiger charge is -2.05. The predicted octanol–water partition coefficient (Wildman–Crippen LogP) is 4.23. The van der Waals surface area contributed by atoms with Crippen LogP contribution in [0, 0.1) is 0 Å². The second kappa shape index (κ2) is 10.4. The molecule has 1 aromatic heterocycles. The van der Waals surface area contributed by atoms with E-state index in [-0.39, 0.29) is 11.5 Å². The van der Waals surface area contributed by atoms with Crippen molar-refractivity contribution >= 4 is 23.8 Å². The van der Waals surface area contributed by atoms with Crippen LogP contribution in [0.5, 0.6) is 0 Å². The number of nitrogens with one attached hydrogen (secondary N) is 1. The van der Waals surface area contributed by atoms with Crippen LogP contribution >= 0.6 is 11.8 Å². The third kappa shape index (κ3) is 6.76. The van der Waals surface area contributed by atoms with E-state index in [4.69, 9.17) is 4.74 Å². The van der Waals surface area contributed by atoms with Gasteiger partial charge in [-0.1, -0.05) is 66.4 Å². The molecule has 2 aromatic carbocycles. The molecule has 0 aliphatic rings. The summed E-state index contributed by atoms with van der Waals surface area (Å²) in [5, 5.41) is 0.606. The lowest BCUT2D eigenvalue weighted by molar-refractivity contribution is -0.137. The summed E-state index contributed by atoms with van der Waals surface area (Å²) in [6, 6.07) is 19.4. The van der Waals surface area contributed by atoms with Crippen LogP contribution in [0.15, 0.2) is 76.7 Å². The first-order valence-electron chi connectivity index (χ1n) is 9.33. The number of ether oxygens (including phenoxy) is 1. The van der Waals surface area contributed by atoms with E-state index in [0.717, 1.165) is 22.4 Å². The maximum Gasteiger partial charge on any atom is 0.330 e. The van der Waals surface area contributed by atoms with Gasteiger partial charge in [0.2, 0.25) is 0 Å². The molecule has 1 heterocycles. The van der Waals surface area contributed by atoms with Gasteiger partial charge in [-0.15, -0.1) is 0 Å². The summed E-state index contributed by atoms with van der Waals surface area (Å²) >= 11 is 1.48. The Hall–Kier alpha value is -3.12.